The molecule has 0 aromatic heterocycles. The number of hydrogen-bond donors (Lipinski definition) is 1. The van der Waals surface area contributed by atoms with Crippen molar-refractivity contribution in [1.29, 1.82) is 0 Å². The van der Waals surface area contributed by atoms with Crippen LogP contribution in [-0.4, -0.2) is 38.3 Å². The summed E-state index contributed by atoms with van der Waals surface area (Å²) in [6.45, 7) is 1.89. The van der Waals surface area contributed by atoms with Crippen LogP contribution in [0, 0.1) is 17.0 Å². The van der Waals surface area contributed by atoms with Gasteiger partial charge in [0.2, 0.25) is 0 Å². The Hall–Kier alpha value is -3.27. The first kappa shape index (κ1) is 19.5. The van der Waals surface area contributed by atoms with E-state index in [1.54, 1.807) is 25.1 Å². The Bertz CT molecular complexity index is 1080. The van der Waals surface area contributed by atoms with E-state index in [9.17, 15) is 23.3 Å². The minimum atomic E-state index is -3.57. The van der Waals surface area contributed by atoms with Crippen molar-refractivity contribution in [1.82, 2.24) is 4.72 Å². The quantitative estimate of drug-likeness (QED) is 0.341. The molecule has 1 heterocycles. The lowest BCUT2D eigenvalue weighted by Crippen LogP contribution is -2.22. The highest BCUT2D eigenvalue weighted by atomic mass is 32.2. The summed E-state index contributed by atoms with van der Waals surface area (Å²) in [5.74, 6) is -0.314. The predicted octanol–water partition coefficient (Wildman–Crippen LogP) is 2.19. The summed E-state index contributed by atoms with van der Waals surface area (Å²) in [7, 11) is -3.57. The molecule has 0 fully saturated rings. The molecule has 1 aliphatic heterocycles. The average Bonchev–Trinajstić information content (AvgIpc) is 2.91. The molecule has 0 saturated heterocycles. The highest BCUT2D eigenvalue weighted by molar-refractivity contribution is 7.90. The van der Waals surface area contributed by atoms with Crippen LogP contribution in [0.25, 0.3) is 0 Å². The fourth-order valence-electron chi connectivity index (χ4n) is 2.74. The van der Waals surface area contributed by atoms with Crippen LogP contribution in [0.5, 0.6) is 0 Å². The summed E-state index contributed by atoms with van der Waals surface area (Å²) in [5.41, 5.74) is 1.05. The van der Waals surface area contributed by atoms with E-state index in [0.29, 0.717) is 17.5 Å². The zero-order valence-corrected chi connectivity index (χ0v) is 15.7. The van der Waals surface area contributed by atoms with Crippen LogP contribution >= 0.6 is 0 Å². The van der Waals surface area contributed by atoms with E-state index >= 15 is 0 Å². The van der Waals surface area contributed by atoms with E-state index in [-0.39, 0.29) is 35.1 Å². The molecule has 0 aliphatic carbocycles. The van der Waals surface area contributed by atoms with Gasteiger partial charge in [-0.05, 0) is 31.2 Å². The van der Waals surface area contributed by atoms with Crippen molar-refractivity contribution in [2.45, 2.75) is 18.2 Å². The van der Waals surface area contributed by atoms with E-state index < -0.39 is 20.9 Å². The first-order chi connectivity index (χ1) is 13.3. The van der Waals surface area contributed by atoms with E-state index in [2.05, 4.69) is 9.71 Å². The van der Waals surface area contributed by atoms with Crippen molar-refractivity contribution in [3.05, 3.63) is 69.3 Å². The maximum Gasteiger partial charge on any atom is 0.338 e. The standard InChI is InChI=1S/C18H17N3O6S/c1-12-11-13(7-8-15(12)21(23)24)18(22)27-10-4-9-19-17-14-5-2-3-6-16(14)28(25,26)20-17/h2-3,5-8,11H,4,9-10H2,1H3,(H,19,20). The minimum absolute atomic E-state index is 0.0633. The highest BCUT2D eigenvalue weighted by Gasteiger charge is 2.29. The summed E-state index contributed by atoms with van der Waals surface area (Å²) in [6, 6.07) is 10.6. The largest absolute Gasteiger partial charge is 0.462 e. The van der Waals surface area contributed by atoms with Gasteiger partial charge in [0, 0.05) is 30.2 Å². The number of carbonyl (C=O) groups is 1. The van der Waals surface area contributed by atoms with Gasteiger partial charge < -0.3 is 4.74 Å². The SMILES string of the molecule is Cc1cc(C(=O)OCCCN=C2NS(=O)(=O)c3ccccc32)ccc1[N+](=O)[O-]. The molecule has 0 atom stereocenters. The topological polar surface area (TPSA) is 128 Å². The van der Waals surface area contributed by atoms with Gasteiger partial charge in [-0.1, -0.05) is 12.1 Å². The van der Waals surface area contributed by atoms with Crippen molar-refractivity contribution in [3.8, 4) is 0 Å². The Kier molecular flexibility index (Phi) is 5.41. The summed E-state index contributed by atoms with van der Waals surface area (Å²) in [6.07, 6.45) is 0.394. The van der Waals surface area contributed by atoms with Gasteiger partial charge in [0.15, 0.2) is 0 Å². The number of benzene rings is 2. The number of aryl methyl sites for hydroxylation is 1. The lowest BCUT2D eigenvalue weighted by molar-refractivity contribution is -0.385. The molecule has 1 N–H and O–H groups in total. The summed E-state index contributed by atoms with van der Waals surface area (Å²) in [4.78, 5) is 26.7. The minimum Gasteiger partial charge on any atom is -0.462 e. The first-order valence-electron chi connectivity index (χ1n) is 8.38. The van der Waals surface area contributed by atoms with E-state index in [1.807, 2.05) is 0 Å². The van der Waals surface area contributed by atoms with Crippen LogP contribution in [0.3, 0.4) is 0 Å². The number of fused-ring (bicyclic) bond motifs is 1. The number of nitrogens with one attached hydrogen (secondary N) is 1. The molecule has 0 radical (unpaired) electrons. The van der Waals surface area contributed by atoms with Gasteiger partial charge in [0.1, 0.15) is 5.84 Å². The number of sulfonamides is 1. The molecular weight excluding hydrogens is 386 g/mol. The fourth-order valence-corrected chi connectivity index (χ4v) is 3.99. The summed E-state index contributed by atoms with van der Waals surface area (Å²) >= 11 is 0. The molecule has 9 nitrogen and oxygen atoms in total. The molecule has 10 heteroatoms. The smallest absolute Gasteiger partial charge is 0.338 e. The Morgan fingerprint density at radius 1 is 1.25 bits per heavy atom. The van der Waals surface area contributed by atoms with Crippen molar-refractivity contribution < 1.29 is 22.9 Å². The molecule has 2 aromatic rings. The van der Waals surface area contributed by atoms with Gasteiger partial charge in [-0.2, -0.15) is 0 Å². The molecule has 3 rings (SSSR count). The third-order valence-electron chi connectivity index (χ3n) is 4.10. The van der Waals surface area contributed by atoms with Gasteiger partial charge >= 0.3 is 5.97 Å². The normalized spacial score (nSPS) is 15.7. The van der Waals surface area contributed by atoms with Gasteiger partial charge in [-0.25, -0.2) is 13.2 Å². The zero-order valence-electron chi connectivity index (χ0n) is 14.9. The fraction of sp³-hybridized carbons (Fsp3) is 0.222. The second kappa shape index (κ2) is 7.77. The van der Waals surface area contributed by atoms with Crippen molar-refractivity contribution in [3.63, 3.8) is 0 Å². The summed E-state index contributed by atoms with van der Waals surface area (Å²) < 4.78 is 31.5. The number of rotatable bonds is 6. The third-order valence-corrected chi connectivity index (χ3v) is 5.49. The first-order valence-corrected chi connectivity index (χ1v) is 9.87. The number of nitrogens with zero attached hydrogens (tertiary/aromatic N) is 2. The van der Waals surface area contributed by atoms with Crippen LogP contribution in [-0.2, 0) is 14.8 Å². The van der Waals surface area contributed by atoms with Crippen LogP contribution in [0.4, 0.5) is 5.69 Å². The number of aliphatic imine (C=N–C) groups is 1. The van der Waals surface area contributed by atoms with Gasteiger partial charge in [0.25, 0.3) is 15.7 Å². The van der Waals surface area contributed by atoms with Crippen LogP contribution in [0.1, 0.15) is 27.9 Å². The Balaban J connectivity index is 1.54. The zero-order chi connectivity index (χ0) is 20.3. The number of amidine groups is 1. The summed E-state index contributed by atoms with van der Waals surface area (Å²) in [5, 5.41) is 10.8. The number of hydrogen-bond acceptors (Lipinski definition) is 7. The average molecular weight is 403 g/mol. The van der Waals surface area contributed by atoms with Crippen molar-refractivity contribution >= 4 is 27.5 Å². The third kappa shape index (κ3) is 4.01. The highest BCUT2D eigenvalue weighted by Crippen LogP contribution is 2.22. The molecule has 0 amide bonds. The second-order valence-electron chi connectivity index (χ2n) is 6.08. The number of nitro benzene ring substituents is 1. The lowest BCUT2D eigenvalue weighted by Gasteiger charge is -2.05. The van der Waals surface area contributed by atoms with Crippen molar-refractivity contribution in [2.75, 3.05) is 13.2 Å². The van der Waals surface area contributed by atoms with E-state index in [4.69, 9.17) is 4.74 Å². The van der Waals surface area contributed by atoms with Gasteiger partial charge in [-0.15, -0.1) is 0 Å². The van der Waals surface area contributed by atoms with Gasteiger partial charge in [0.05, 0.1) is 22.0 Å². The second-order valence-corrected chi connectivity index (χ2v) is 7.73. The monoisotopic (exact) mass is 403 g/mol. The van der Waals surface area contributed by atoms with E-state index in [1.165, 1.54) is 24.3 Å². The Morgan fingerprint density at radius 2 is 2.00 bits per heavy atom. The van der Waals surface area contributed by atoms with Crippen LogP contribution < -0.4 is 4.72 Å². The molecule has 0 spiro atoms. The molecular formula is C18H17N3O6S. The maximum atomic E-state index is 12.0. The molecule has 0 bridgehead atoms. The van der Waals surface area contributed by atoms with E-state index in [0.717, 1.165) is 0 Å². The number of nitro groups is 1. The van der Waals surface area contributed by atoms with Crippen LogP contribution in [0.2, 0.25) is 0 Å². The Labute approximate surface area is 161 Å². The van der Waals surface area contributed by atoms with Gasteiger partial charge in [-0.3, -0.25) is 19.8 Å². The predicted molar refractivity (Wildman–Crippen MR) is 101 cm³/mol. The number of esters is 1. The molecule has 1 aliphatic rings. The van der Waals surface area contributed by atoms with Crippen molar-refractivity contribution in [2.24, 2.45) is 4.99 Å². The van der Waals surface area contributed by atoms with Crippen LogP contribution in [0.15, 0.2) is 52.4 Å². The molecule has 28 heavy (non-hydrogen) atoms. The molecule has 0 saturated carbocycles. The number of carbonyl (C=O) groups excluding carboxylic acids is 1. The maximum absolute atomic E-state index is 12.0. The lowest BCUT2D eigenvalue weighted by atomic mass is 10.1. The number of ether oxygens (including phenoxy) is 1. The molecule has 146 valence electrons. The molecule has 2 aromatic carbocycles. The Morgan fingerprint density at radius 3 is 2.71 bits per heavy atom. The molecule has 0 unspecified atom stereocenters.